The maximum atomic E-state index is 12.7. The zero-order valence-electron chi connectivity index (χ0n) is 22.5. The molecule has 0 bridgehead atoms. The summed E-state index contributed by atoms with van der Waals surface area (Å²) in [6.45, 7) is 9.07. The first-order valence-corrected chi connectivity index (χ1v) is 13.2. The van der Waals surface area contributed by atoms with E-state index in [0.29, 0.717) is 26.2 Å². The summed E-state index contributed by atoms with van der Waals surface area (Å²) < 4.78 is 11.5. The van der Waals surface area contributed by atoms with Gasteiger partial charge in [0.25, 0.3) is 0 Å². The fraction of sp³-hybridized carbons (Fsp3) is 0.667. The number of carboxylic acids is 1. The highest BCUT2D eigenvalue weighted by atomic mass is 16.5. The number of aliphatic carboxylic acids is 1. The number of aryl methyl sites for hydroxylation is 1. The number of hydrogen-bond donors (Lipinski definition) is 5. The van der Waals surface area contributed by atoms with Gasteiger partial charge in [0, 0.05) is 12.6 Å². The van der Waals surface area contributed by atoms with Crippen molar-refractivity contribution in [2.75, 3.05) is 19.8 Å². The van der Waals surface area contributed by atoms with E-state index in [2.05, 4.69) is 16.0 Å². The first kappa shape index (κ1) is 30.4. The minimum absolute atomic E-state index is 0.105. The van der Waals surface area contributed by atoms with Gasteiger partial charge in [-0.2, -0.15) is 0 Å². The smallest absolute Gasteiger partial charge is 0.326 e. The molecule has 10 nitrogen and oxygen atoms in total. The molecule has 2 rings (SSSR count). The van der Waals surface area contributed by atoms with Crippen molar-refractivity contribution in [1.29, 1.82) is 0 Å². The Morgan fingerprint density at radius 3 is 2.27 bits per heavy atom. The van der Waals surface area contributed by atoms with Crippen LogP contribution in [-0.2, 0) is 14.3 Å². The molecule has 1 aliphatic rings. The molecule has 1 fully saturated rings. The van der Waals surface area contributed by atoms with Crippen LogP contribution in [0.5, 0.6) is 5.75 Å². The number of amides is 3. The Kier molecular flexibility index (Phi) is 12.7. The Morgan fingerprint density at radius 1 is 1.03 bits per heavy atom. The fourth-order valence-electron chi connectivity index (χ4n) is 4.05. The maximum Gasteiger partial charge on any atom is 0.326 e. The van der Waals surface area contributed by atoms with E-state index in [-0.39, 0.29) is 29.8 Å². The van der Waals surface area contributed by atoms with Crippen molar-refractivity contribution in [3.05, 3.63) is 29.8 Å². The molecule has 1 aromatic carbocycles. The van der Waals surface area contributed by atoms with Gasteiger partial charge in [-0.15, -0.1) is 0 Å². The Bertz CT molecular complexity index is 857. The molecule has 0 radical (unpaired) electrons. The second-order valence-corrected chi connectivity index (χ2v) is 10.4. The molecule has 208 valence electrons. The summed E-state index contributed by atoms with van der Waals surface area (Å²) in [6.07, 6.45) is 3.52. The molecule has 37 heavy (non-hydrogen) atoms. The van der Waals surface area contributed by atoms with Gasteiger partial charge in [0.2, 0.25) is 5.91 Å². The summed E-state index contributed by atoms with van der Waals surface area (Å²) in [6, 6.07) is 5.27. The van der Waals surface area contributed by atoms with E-state index in [1.807, 2.05) is 45.0 Å². The largest absolute Gasteiger partial charge is 0.494 e. The molecule has 1 saturated carbocycles. The third kappa shape index (κ3) is 11.4. The molecule has 0 spiro atoms. The van der Waals surface area contributed by atoms with Crippen LogP contribution in [-0.4, -0.2) is 67.0 Å². The van der Waals surface area contributed by atoms with Crippen LogP contribution in [0, 0.1) is 18.8 Å². The zero-order chi connectivity index (χ0) is 27.4. The fourth-order valence-corrected chi connectivity index (χ4v) is 4.05. The lowest BCUT2D eigenvalue weighted by Gasteiger charge is -2.34. The summed E-state index contributed by atoms with van der Waals surface area (Å²) in [7, 11) is 0. The number of hydrogen-bond acceptors (Lipinski definition) is 6. The first-order chi connectivity index (χ1) is 17.5. The Balaban J connectivity index is 1.65. The lowest BCUT2D eigenvalue weighted by atomic mass is 9.77. The Morgan fingerprint density at radius 2 is 1.68 bits per heavy atom. The van der Waals surface area contributed by atoms with Gasteiger partial charge in [-0.3, -0.25) is 4.79 Å². The van der Waals surface area contributed by atoms with Crippen molar-refractivity contribution in [2.24, 2.45) is 17.6 Å². The standard InChI is InChI=1S/C27H44N4O6/c1-17(2)24(16-36-11-5-6-12-37-22-9-7-18(3)8-10-22)30-25(32)19(4)29-27(35)31-23(26(33)34)15-20-13-21(28)14-20/h7-10,17,19-21,23-24H,5-6,11-16,28H2,1-4H3,(H,30,32)(H,33,34)(H2,29,31,35)/t19-,20?,21?,23+,24-/m1/s1. The molecular weight excluding hydrogens is 476 g/mol. The summed E-state index contributed by atoms with van der Waals surface area (Å²) in [5.41, 5.74) is 6.95. The van der Waals surface area contributed by atoms with Crippen LogP contribution in [0.2, 0.25) is 0 Å². The molecule has 0 saturated heterocycles. The highest BCUT2D eigenvalue weighted by molar-refractivity contribution is 5.88. The number of rotatable bonds is 16. The molecule has 1 aromatic rings. The van der Waals surface area contributed by atoms with Crippen LogP contribution >= 0.6 is 0 Å². The molecule has 6 N–H and O–H groups in total. The van der Waals surface area contributed by atoms with Crippen LogP contribution < -0.4 is 26.4 Å². The van der Waals surface area contributed by atoms with Crippen molar-refractivity contribution in [3.63, 3.8) is 0 Å². The lowest BCUT2D eigenvalue weighted by molar-refractivity contribution is -0.139. The second-order valence-electron chi connectivity index (χ2n) is 10.4. The minimum Gasteiger partial charge on any atom is -0.494 e. The van der Waals surface area contributed by atoms with Crippen LogP contribution in [0.1, 0.15) is 58.4 Å². The molecule has 0 unspecified atom stereocenters. The van der Waals surface area contributed by atoms with E-state index in [0.717, 1.165) is 31.4 Å². The number of carbonyl (C=O) groups excluding carboxylic acids is 2. The molecule has 3 amide bonds. The summed E-state index contributed by atoms with van der Waals surface area (Å²) >= 11 is 0. The Labute approximate surface area is 220 Å². The minimum atomic E-state index is -1.11. The van der Waals surface area contributed by atoms with Crippen molar-refractivity contribution in [2.45, 2.75) is 84.0 Å². The van der Waals surface area contributed by atoms with E-state index >= 15 is 0 Å². The summed E-state index contributed by atoms with van der Waals surface area (Å²) in [4.78, 5) is 36.5. The topological polar surface area (TPSA) is 152 Å². The van der Waals surface area contributed by atoms with Crippen LogP contribution in [0.15, 0.2) is 24.3 Å². The molecular formula is C27H44N4O6. The summed E-state index contributed by atoms with van der Waals surface area (Å²) in [5, 5.41) is 17.3. The molecule has 0 heterocycles. The average molecular weight is 521 g/mol. The van der Waals surface area contributed by atoms with Crippen molar-refractivity contribution in [1.82, 2.24) is 16.0 Å². The third-order valence-electron chi connectivity index (χ3n) is 6.59. The van der Waals surface area contributed by atoms with E-state index in [9.17, 15) is 19.5 Å². The van der Waals surface area contributed by atoms with Gasteiger partial charge in [-0.25, -0.2) is 9.59 Å². The predicted molar refractivity (Wildman–Crippen MR) is 141 cm³/mol. The van der Waals surface area contributed by atoms with Crippen LogP contribution in [0.4, 0.5) is 4.79 Å². The number of urea groups is 1. The molecule has 0 aromatic heterocycles. The normalized spacial score (nSPS) is 19.3. The molecule has 10 heteroatoms. The lowest BCUT2D eigenvalue weighted by Crippen LogP contribution is -2.55. The number of ether oxygens (including phenoxy) is 2. The molecule has 0 aliphatic heterocycles. The number of nitrogens with one attached hydrogen (secondary N) is 3. The van der Waals surface area contributed by atoms with Gasteiger partial charge in [0.15, 0.2) is 0 Å². The SMILES string of the molecule is Cc1ccc(OCCCCOC[C@@H](NC(=O)[C@@H](C)NC(=O)N[C@@H](CC2CC(N)C2)C(=O)O)C(C)C)cc1. The third-order valence-corrected chi connectivity index (χ3v) is 6.59. The second kappa shape index (κ2) is 15.4. The van der Waals surface area contributed by atoms with Crippen LogP contribution in [0.3, 0.4) is 0 Å². The van der Waals surface area contributed by atoms with Crippen molar-refractivity contribution in [3.8, 4) is 5.75 Å². The van der Waals surface area contributed by atoms with E-state index in [4.69, 9.17) is 15.2 Å². The molecule has 3 atom stereocenters. The van der Waals surface area contributed by atoms with Gasteiger partial charge in [0.05, 0.1) is 19.3 Å². The van der Waals surface area contributed by atoms with Crippen molar-refractivity contribution >= 4 is 17.9 Å². The van der Waals surface area contributed by atoms with Gasteiger partial charge >= 0.3 is 12.0 Å². The van der Waals surface area contributed by atoms with Gasteiger partial charge in [-0.05, 0) is 69.9 Å². The monoisotopic (exact) mass is 520 g/mol. The summed E-state index contributed by atoms with van der Waals surface area (Å²) in [5.74, 6) is -0.302. The van der Waals surface area contributed by atoms with E-state index < -0.39 is 24.1 Å². The predicted octanol–water partition coefficient (Wildman–Crippen LogP) is 2.58. The Hall–Kier alpha value is -2.85. The highest BCUT2D eigenvalue weighted by Crippen LogP contribution is 2.29. The number of carbonyl (C=O) groups is 3. The number of unbranched alkanes of at least 4 members (excludes halogenated alkanes) is 1. The number of benzene rings is 1. The van der Waals surface area contributed by atoms with E-state index in [1.165, 1.54) is 5.56 Å². The average Bonchev–Trinajstić information content (AvgIpc) is 2.81. The van der Waals surface area contributed by atoms with Gasteiger partial charge < -0.3 is 36.3 Å². The van der Waals surface area contributed by atoms with Gasteiger partial charge in [0.1, 0.15) is 17.8 Å². The number of nitrogens with two attached hydrogens (primary N) is 1. The quantitative estimate of drug-likeness (QED) is 0.210. The number of carboxylic acid groups (broad SMARTS) is 1. The van der Waals surface area contributed by atoms with Crippen LogP contribution in [0.25, 0.3) is 0 Å². The maximum absolute atomic E-state index is 12.7. The molecule has 1 aliphatic carbocycles. The van der Waals surface area contributed by atoms with E-state index in [1.54, 1.807) is 6.92 Å². The van der Waals surface area contributed by atoms with Gasteiger partial charge in [-0.1, -0.05) is 31.5 Å². The highest BCUT2D eigenvalue weighted by Gasteiger charge is 2.32. The van der Waals surface area contributed by atoms with Crippen molar-refractivity contribution < 1.29 is 29.0 Å². The zero-order valence-corrected chi connectivity index (χ0v) is 22.5. The first-order valence-electron chi connectivity index (χ1n) is 13.2.